The number of hydrogen-bond donors (Lipinski definition) is 1. The number of rotatable bonds is 4. The fourth-order valence-corrected chi connectivity index (χ4v) is 2.65. The Kier molecular flexibility index (Phi) is 4.80. The van der Waals surface area contributed by atoms with Gasteiger partial charge < -0.3 is 15.0 Å². The molecule has 1 N–H and O–H groups in total. The van der Waals surface area contributed by atoms with E-state index in [2.05, 4.69) is 12.2 Å². The van der Waals surface area contributed by atoms with Crippen molar-refractivity contribution >= 4 is 5.91 Å². The van der Waals surface area contributed by atoms with Crippen LogP contribution in [0.3, 0.4) is 0 Å². The highest BCUT2D eigenvalue weighted by Gasteiger charge is 2.24. The summed E-state index contributed by atoms with van der Waals surface area (Å²) >= 11 is 0. The fourth-order valence-electron chi connectivity index (χ4n) is 2.65. The molecule has 0 saturated carbocycles. The van der Waals surface area contributed by atoms with Gasteiger partial charge in [-0.15, -0.1) is 0 Å². The van der Waals surface area contributed by atoms with Crippen LogP contribution < -0.4 is 5.32 Å². The van der Waals surface area contributed by atoms with E-state index in [1.54, 1.807) is 0 Å². The molecule has 2 aliphatic heterocycles. The first kappa shape index (κ1) is 12.8. The average molecular weight is 240 g/mol. The van der Waals surface area contributed by atoms with Crippen molar-refractivity contribution in [3.63, 3.8) is 0 Å². The lowest BCUT2D eigenvalue weighted by Gasteiger charge is -2.32. The number of hydrogen-bond acceptors (Lipinski definition) is 3. The molecule has 1 amide bonds. The molecule has 2 atom stereocenters. The highest BCUT2D eigenvalue weighted by atomic mass is 16.5. The molecule has 98 valence electrons. The molecular formula is C13H24N2O2. The van der Waals surface area contributed by atoms with Crippen LogP contribution >= 0.6 is 0 Å². The van der Waals surface area contributed by atoms with Crippen molar-refractivity contribution in [3.8, 4) is 0 Å². The molecule has 0 radical (unpaired) electrons. The van der Waals surface area contributed by atoms with Crippen LogP contribution in [0.5, 0.6) is 0 Å². The minimum Gasteiger partial charge on any atom is -0.375 e. The lowest BCUT2D eigenvalue weighted by Crippen LogP contribution is -2.45. The Hall–Kier alpha value is -0.610. The molecule has 4 nitrogen and oxygen atoms in total. The Morgan fingerprint density at radius 2 is 2.41 bits per heavy atom. The first-order chi connectivity index (χ1) is 8.29. The zero-order chi connectivity index (χ0) is 12.1. The van der Waals surface area contributed by atoms with Gasteiger partial charge in [0.25, 0.3) is 0 Å². The highest BCUT2D eigenvalue weighted by Crippen LogP contribution is 2.14. The maximum Gasteiger partial charge on any atom is 0.222 e. The Morgan fingerprint density at radius 3 is 3.12 bits per heavy atom. The van der Waals surface area contributed by atoms with E-state index < -0.39 is 0 Å². The van der Waals surface area contributed by atoms with Gasteiger partial charge in [-0.2, -0.15) is 0 Å². The molecule has 2 saturated heterocycles. The average Bonchev–Trinajstić information content (AvgIpc) is 2.89. The predicted octanol–water partition coefficient (Wildman–Crippen LogP) is 1.16. The highest BCUT2D eigenvalue weighted by molar-refractivity contribution is 5.76. The standard InChI is InChI=1S/C13H24N2O2/c1-2-12-10-15(8-9-17-12)13(16)6-5-11-4-3-7-14-11/h11-12,14H,2-10H2,1H3. The van der Waals surface area contributed by atoms with E-state index in [1.165, 1.54) is 12.8 Å². The number of carbonyl (C=O) groups is 1. The van der Waals surface area contributed by atoms with Gasteiger partial charge in [0.1, 0.15) is 0 Å². The van der Waals surface area contributed by atoms with E-state index in [-0.39, 0.29) is 6.10 Å². The quantitative estimate of drug-likeness (QED) is 0.801. The zero-order valence-electron chi connectivity index (χ0n) is 10.8. The number of ether oxygens (including phenoxy) is 1. The molecule has 17 heavy (non-hydrogen) atoms. The summed E-state index contributed by atoms with van der Waals surface area (Å²) in [4.78, 5) is 14.0. The number of carbonyl (C=O) groups excluding carboxylic acids is 1. The molecule has 2 unspecified atom stereocenters. The Balaban J connectivity index is 1.71. The molecule has 0 bridgehead atoms. The second kappa shape index (κ2) is 6.36. The fraction of sp³-hybridized carbons (Fsp3) is 0.923. The maximum absolute atomic E-state index is 12.1. The summed E-state index contributed by atoms with van der Waals surface area (Å²) < 4.78 is 5.58. The normalized spacial score (nSPS) is 29.6. The molecule has 2 rings (SSSR count). The van der Waals surface area contributed by atoms with Crippen LogP contribution in [-0.4, -0.2) is 49.2 Å². The van der Waals surface area contributed by atoms with Crippen molar-refractivity contribution in [2.75, 3.05) is 26.2 Å². The summed E-state index contributed by atoms with van der Waals surface area (Å²) in [6.45, 7) is 5.49. The minimum atomic E-state index is 0.248. The Labute approximate surface area is 104 Å². The van der Waals surface area contributed by atoms with Crippen LogP contribution in [-0.2, 0) is 9.53 Å². The van der Waals surface area contributed by atoms with Gasteiger partial charge in [0, 0.05) is 25.6 Å². The molecule has 2 fully saturated rings. The largest absolute Gasteiger partial charge is 0.375 e. The van der Waals surface area contributed by atoms with E-state index in [4.69, 9.17) is 4.74 Å². The topological polar surface area (TPSA) is 41.6 Å². The van der Waals surface area contributed by atoms with Gasteiger partial charge in [-0.05, 0) is 32.2 Å². The Morgan fingerprint density at radius 1 is 1.53 bits per heavy atom. The molecular weight excluding hydrogens is 216 g/mol. The molecule has 0 aliphatic carbocycles. The van der Waals surface area contributed by atoms with Crippen molar-refractivity contribution in [1.82, 2.24) is 10.2 Å². The number of nitrogens with zero attached hydrogens (tertiary/aromatic N) is 1. The van der Waals surface area contributed by atoms with E-state index >= 15 is 0 Å². The van der Waals surface area contributed by atoms with Crippen molar-refractivity contribution in [2.24, 2.45) is 0 Å². The van der Waals surface area contributed by atoms with Gasteiger partial charge in [-0.25, -0.2) is 0 Å². The van der Waals surface area contributed by atoms with Crippen molar-refractivity contribution < 1.29 is 9.53 Å². The summed E-state index contributed by atoms with van der Waals surface area (Å²) in [6.07, 6.45) is 5.41. The molecule has 0 aromatic heterocycles. The van der Waals surface area contributed by atoms with E-state index in [0.717, 1.165) is 32.5 Å². The summed E-state index contributed by atoms with van der Waals surface area (Å²) in [5.41, 5.74) is 0. The predicted molar refractivity (Wildman–Crippen MR) is 66.9 cm³/mol. The molecule has 0 aromatic carbocycles. The SMILES string of the molecule is CCC1CN(C(=O)CCC2CCCN2)CCO1. The number of amides is 1. The summed E-state index contributed by atoms with van der Waals surface area (Å²) in [7, 11) is 0. The summed E-state index contributed by atoms with van der Waals surface area (Å²) in [6, 6.07) is 0.571. The van der Waals surface area contributed by atoms with Crippen LogP contribution in [0.1, 0.15) is 39.0 Å². The minimum absolute atomic E-state index is 0.248. The number of nitrogens with one attached hydrogen (secondary N) is 1. The van der Waals surface area contributed by atoms with E-state index in [0.29, 0.717) is 25.0 Å². The molecule has 0 aromatic rings. The van der Waals surface area contributed by atoms with Gasteiger partial charge in [0.2, 0.25) is 5.91 Å². The van der Waals surface area contributed by atoms with Crippen molar-refractivity contribution in [3.05, 3.63) is 0 Å². The van der Waals surface area contributed by atoms with Gasteiger partial charge in [0.15, 0.2) is 0 Å². The lowest BCUT2D eigenvalue weighted by molar-refractivity contribution is -0.139. The van der Waals surface area contributed by atoms with Crippen LogP contribution in [0, 0.1) is 0 Å². The van der Waals surface area contributed by atoms with E-state index in [1.807, 2.05) is 4.90 Å². The van der Waals surface area contributed by atoms with Gasteiger partial charge in [-0.3, -0.25) is 4.79 Å². The second-order valence-electron chi connectivity index (χ2n) is 5.07. The first-order valence-electron chi connectivity index (χ1n) is 6.92. The van der Waals surface area contributed by atoms with Crippen LogP contribution in [0.4, 0.5) is 0 Å². The van der Waals surface area contributed by atoms with Crippen LogP contribution in [0.25, 0.3) is 0 Å². The zero-order valence-corrected chi connectivity index (χ0v) is 10.8. The molecule has 0 spiro atoms. The van der Waals surface area contributed by atoms with Gasteiger partial charge in [-0.1, -0.05) is 6.92 Å². The smallest absolute Gasteiger partial charge is 0.222 e. The first-order valence-corrected chi connectivity index (χ1v) is 6.92. The van der Waals surface area contributed by atoms with Gasteiger partial charge >= 0.3 is 0 Å². The summed E-state index contributed by atoms with van der Waals surface area (Å²) in [5, 5.41) is 3.44. The van der Waals surface area contributed by atoms with Crippen LogP contribution in [0.15, 0.2) is 0 Å². The van der Waals surface area contributed by atoms with Crippen molar-refractivity contribution in [2.45, 2.75) is 51.2 Å². The Bertz CT molecular complexity index is 252. The van der Waals surface area contributed by atoms with Crippen molar-refractivity contribution in [1.29, 1.82) is 0 Å². The molecule has 2 aliphatic rings. The summed E-state index contributed by atoms with van der Waals surface area (Å²) in [5.74, 6) is 0.306. The lowest BCUT2D eigenvalue weighted by atomic mass is 10.1. The molecule has 2 heterocycles. The third kappa shape index (κ3) is 3.68. The van der Waals surface area contributed by atoms with E-state index in [9.17, 15) is 4.79 Å². The third-order valence-corrected chi connectivity index (χ3v) is 3.82. The second-order valence-corrected chi connectivity index (χ2v) is 5.07. The molecule has 4 heteroatoms. The monoisotopic (exact) mass is 240 g/mol. The number of morpholine rings is 1. The van der Waals surface area contributed by atoms with Crippen LogP contribution in [0.2, 0.25) is 0 Å². The third-order valence-electron chi connectivity index (χ3n) is 3.82. The van der Waals surface area contributed by atoms with Gasteiger partial charge in [0.05, 0.1) is 12.7 Å². The maximum atomic E-state index is 12.1.